The zero-order valence-corrected chi connectivity index (χ0v) is 15.3. The van der Waals surface area contributed by atoms with Gasteiger partial charge in [-0.25, -0.2) is 8.42 Å². The average Bonchev–Trinajstić information content (AvgIpc) is 2.60. The number of sulfonamides is 1. The van der Waals surface area contributed by atoms with Gasteiger partial charge in [-0.05, 0) is 42.9 Å². The van der Waals surface area contributed by atoms with Crippen LogP contribution in [0.4, 0.5) is 5.69 Å². The molecule has 0 atom stereocenters. The summed E-state index contributed by atoms with van der Waals surface area (Å²) >= 11 is 5.19. The second kappa shape index (κ2) is 9.28. The monoisotopic (exact) mass is 373 g/mol. The number of benzene rings is 1. The minimum absolute atomic E-state index is 0.272. The summed E-state index contributed by atoms with van der Waals surface area (Å²) in [6.45, 7) is 3.02. The van der Waals surface area contributed by atoms with Crippen LogP contribution >= 0.6 is 12.2 Å². The van der Waals surface area contributed by atoms with Crippen molar-refractivity contribution in [1.82, 2.24) is 9.62 Å². The Morgan fingerprint density at radius 2 is 1.96 bits per heavy atom. The molecule has 0 aromatic heterocycles. The molecule has 9 heteroatoms. The van der Waals surface area contributed by atoms with Crippen LogP contribution in [-0.4, -0.2) is 64.4 Å². The second-order valence-corrected chi connectivity index (χ2v) is 7.61. The van der Waals surface area contributed by atoms with Crippen molar-refractivity contribution in [2.24, 2.45) is 0 Å². The van der Waals surface area contributed by atoms with Gasteiger partial charge >= 0.3 is 0 Å². The number of nitrogens with zero attached hydrogens (tertiary/aromatic N) is 1. The largest absolute Gasteiger partial charge is 0.385 e. The Morgan fingerprint density at radius 3 is 2.58 bits per heavy atom. The molecule has 0 saturated carbocycles. The number of hydrogen-bond donors (Lipinski definition) is 2. The van der Waals surface area contributed by atoms with E-state index in [0.717, 1.165) is 12.1 Å². The first-order valence-electron chi connectivity index (χ1n) is 7.76. The number of hydrogen-bond acceptors (Lipinski definition) is 5. The van der Waals surface area contributed by atoms with E-state index in [1.54, 1.807) is 31.4 Å². The molecule has 1 saturated heterocycles. The van der Waals surface area contributed by atoms with Crippen molar-refractivity contribution in [3.8, 4) is 0 Å². The summed E-state index contributed by atoms with van der Waals surface area (Å²) in [4.78, 5) is 0.272. The first-order chi connectivity index (χ1) is 11.5. The van der Waals surface area contributed by atoms with Gasteiger partial charge in [0.1, 0.15) is 0 Å². The molecule has 2 rings (SSSR count). The van der Waals surface area contributed by atoms with Crippen LogP contribution in [0.5, 0.6) is 0 Å². The molecule has 24 heavy (non-hydrogen) atoms. The lowest BCUT2D eigenvalue weighted by atomic mass is 10.3. The maximum absolute atomic E-state index is 12.5. The molecule has 1 heterocycles. The Morgan fingerprint density at radius 1 is 1.29 bits per heavy atom. The highest BCUT2D eigenvalue weighted by Crippen LogP contribution is 2.19. The summed E-state index contributed by atoms with van der Waals surface area (Å²) in [6.07, 6.45) is 0.856. The average molecular weight is 374 g/mol. The fourth-order valence-corrected chi connectivity index (χ4v) is 3.87. The highest BCUT2D eigenvalue weighted by molar-refractivity contribution is 7.89. The quantitative estimate of drug-likeness (QED) is 0.546. The van der Waals surface area contributed by atoms with E-state index >= 15 is 0 Å². The molecule has 0 spiro atoms. The number of rotatable bonds is 7. The van der Waals surface area contributed by atoms with Gasteiger partial charge in [0.2, 0.25) is 10.0 Å². The lowest BCUT2D eigenvalue weighted by molar-refractivity contribution is 0.0730. The predicted octanol–water partition coefficient (Wildman–Crippen LogP) is 1.03. The minimum Gasteiger partial charge on any atom is -0.385 e. The van der Waals surface area contributed by atoms with Crippen LogP contribution < -0.4 is 10.6 Å². The first kappa shape index (κ1) is 19.1. The minimum atomic E-state index is -3.46. The fraction of sp³-hybridized carbons (Fsp3) is 0.533. The topological polar surface area (TPSA) is 79.9 Å². The van der Waals surface area contributed by atoms with E-state index < -0.39 is 10.0 Å². The van der Waals surface area contributed by atoms with E-state index in [-0.39, 0.29) is 4.90 Å². The van der Waals surface area contributed by atoms with Gasteiger partial charge in [-0.3, -0.25) is 0 Å². The zero-order valence-electron chi connectivity index (χ0n) is 13.7. The summed E-state index contributed by atoms with van der Waals surface area (Å²) < 4.78 is 36.7. The third-order valence-corrected chi connectivity index (χ3v) is 5.69. The molecular formula is C15H23N3O4S2. The van der Waals surface area contributed by atoms with E-state index in [1.807, 2.05) is 0 Å². The van der Waals surface area contributed by atoms with Crippen LogP contribution in [0.3, 0.4) is 0 Å². The van der Waals surface area contributed by atoms with E-state index in [9.17, 15) is 8.42 Å². The van der Waals surface area contributed by atoms with Crippen LogP contribution in [-0.2, 0) is 19.5 Å². The van der Waals surface area contributed by atoms with Gasteiger partial charge in [-0.1, -0.05) is 0 Å². The van der Waals surface area contributed by atoms with Gasteiger partial charge in [-0.2, -0.15) is 4.31 Å². The zero-order chi connectivity index (χ0) is 17.4. The van der Waals surface area contributed by atoms with Crippen molar-refractivity contribution >= 4 is 33.0 Å². The number of morpholine rings is 1. The smallest absolute Gasteiger partial charge is 0.243 e. The summed E-state index contributed by atoms with van der Waals surface area (Å²) in [6, 6.07) is 6.58. The van der Waals surface area contributed by atoms with Crippen LogP contribution in [0, 0.1) is 0 Å². The molecule has 0 amide bonds. The van der Waals surface area contributed by atoms with E-state index in [4.69, 9.17) is 21.7 Å². The Labute approximate surface area is 148 Å². The summed E-state index contributed by atoms with van der Waals surface area (Å²) in [5, 5.41) is 6.59. The number of thiocarbonyl (C=S) groups is 1. The highest BCUT2D eigenvalue weighted by atomic mass is 32.2. The first-order valence-corrected chi connectivity index (χ1v) is 9.60. The van der Waals surface area contributed by atoms with Gasteiger partial charge in [0.15, 0.2) is 5.11 Å². The molecule has 1 aliphatic rings. The Hall–Kier alpha value is -1.26. The molecule has 0 aliphatic carbocycles. The van der Waals surface area contributed by atoms with Crippen molar-refractivity contribution in [1.29, 1.82) is 0 Å². The lowest BCUT2D eigenvalue weighted by Crippen LogP contribution is -2.40. The third kappa shape index (κ3) is 5.38. The molecule has 1 fully saturated rings. The molecule has 134 valence electrons. The molecule has 1 aromatic carbocycles. The normalized spacial score (nSPS) is 15.9. The Balaban J connectivity index is 1.91. The molecule has 0 radical (unpaired) electrons. The van der Waals surface area contributed by atoms with Crippen LogP contribution in [0.2, 0.25) is 0 Å². The standard InChI is InChI=1S/C15H23N3O4S2/c1-21-10-2-7-16-15(23)17-13-3-5-14(6-4-13)24(19,20)18-8-11-22-12-9-18/h3-6H,2,7-12H2,1H3,(H2,16,17,23). The van der Waals surface area contributed by atoms with Crippen molar-refractivity contribution in [2.75, 3.05) is 51.9 Å². The van der Waals surface area contributed by atoms with Crippen LogP contribution in [0.25, 0.3) is 0 Å². The Bertz CT molecular complexity index is 629. The number of methoxy groups -OCH3 is 1. The third-order valence-electron chi connectivity index (χ3n) is 3.53. The van der Waals surface area contributed by atoms with Gasteiger partial charge in [0.05, 0.1) is 18.1 Å². The number of anilines is 1. The van der Waals surface area contributed by atoms with Crippen LogP contribution in [0.15, 0.2) is 29.2 Å². The van der Waals surface area contributed by atoms with Gasteiger partial charge in [-0.15, -0.1) is 0 Å². The van der Waals surface area contributed by atoms with Gasteiger partial charge in [0.25, 0.3) is 0 Å². The highest BCUT2D eigenvalue weighted by Gasteiger charge is 2.26. The lowest BCUT2D eigenvalue weighted by Gasteiger charge is -2.26. The molecule has 1 aliphatic heterocycles. The summed E-state index contributed by atoms with van der Waals surface area (Å²) in [7, 11) is -1.81. The second-order valence-electron chi connectivity index (χ2n) is 5.27. The van der Waals surface area contributed by atoms with E-state index in [0.29, 0.717) is 44.6 Å². The molecule has 7 nitrogen and oxygen atoms in total. The molecular weight excluding hydrogens is 350 g/mol. The van der Waals surface area contributed by atoms with Crippen molar-refractivity contribution in [3.63, 3.8) is 0 Å². The maximum atomic E-state index is 12.5. The van der Waals surface area contributed by atoms with Gasteiger partial charge in [0, 0.05) is 39.0 Å². The summed E-state index contributed by atoms with van der Waals surface area (Å²) in [5.41, 5.74) is 0.736. The molecule has 0 unspecified atom stereocenters. The van der Waals surface area contributed by atoms with Gasteiger partial charge < -0.3 is 20.1 Å². The van der Waals surface area contributed by atoms with Crippen molar-refractivity contribution in [2.45, 2.75) is 11.3 Å². The predicted molar refractivity (Wildman–Crippen MR) is 96.7 cm³/mol. The van der Waals surface area contributed by atoms with E-state index in [2.05, 4.69) is 10.6 Å². The molecule has 1 aromatic rings. The maximum Gasteiger partial charge on any atom is 0.243 e. The fourth-order valence-electron chi connectivity index (χ4n) is 2.24. The Kier molecular flexibility index (Phi) is 7.38. The summed E-state index contributed by atoms with van der Waals surface area (Å²) in [5.74, 6) is 0. The van der Waals surface area contributed by atoms with Crippen LogP contribution in [0.1, 0.15) is 6.42 Å². The van der Waals surface area contributed by atoms with E-state index in [1.165, 1.54) is 4.31 Å². The SMILES string of the molecule is COCCCNC(=S)Nc1ccc(S(=O)(=O)N2CCOCC2)cc1. The number of ether oxygens (including phenoxy) is 2. The van der Waals surface area contributed by atoms with Crippen molar-refractivity contribution < 1.29 is 17.9 Å². The van der Waals surface area contributed by atoms with Crippen molar-refractivity contribution in [3.05, 3.63) is 24.3 Å². The molecule has 2 N–H and O–H groups in total. The number of nitrogens with one attached hydrogen (secondary N) is 2. The molecule has 0 bridgehead atoms.